The van der Waals surface area contributed by atoms with Gasteiger partial charge in [0, 0.05) is 49.3 Å². The highest BCUT2D eigenvalue weighted by atomic mass is 16.2. The zero-order chi connectivity index (χ0) is 21.5. The van der Waals surface area contributed by atoms with Gasteiger partial charge in [0.05, 0.1) is 5.92 Å². The lowest BCUT2D eigenvalue weighted by atomic mass is 9.79. The Balaban J connectivity index is 1.59. The first-order chi connectivity index (χ1) is 15.1. The van der Waals surface area contributed by atoms with Crippen molar-refractivity contribution < 1.29 is 4.79 Å². The van der Waals surface area contributed by atoms with E-state index >= 15 is 0 Å². The summed E-state index contributed by atoms with van der Waals surface area (Å²) in [5.74, 6) is 0.142. The van der Waals surface area contributed by atoms with Crippen molar-refractivity contribution in [2.24, 2.45) is 5.92 Å². The number of aromatic nitrogens is 1. The average molecular weight is 414 g/mol. The van der Waals surface area contributed by atoms with Gasteiger partial charge in [-0.25, -0.2) is 0 Å². The standard InChI is InChI=1S/C27H31N3O/c1-4-29(5-2)27(31)21-13-23-22-11-8-12-24-26(22)20(15-28-24)14-25(23)30(17-21)16-19-10-7-6-9-18(19)3/h6-13,15,21,25,28H,4-5,14,16-17H2,1-3H3/t21-,25-/m1/s1. The summed E-state index contributed by atoms with van der Waals surface area (Å²) < 4.78 is 0. The van der Waals surface area contributed by atoms with E-state index in [1.165, 1.54) is 38.7 Å². The maximum atomic E-state index is 13.4. The van der Waals surface area contributed by atoms with Crippen LogP contribution < -0.4 is 0 Å². The van der Waals surface area contributed by atoms with E-state index in [9.17, 15) is 4.79 Å². The molecule has 1 aromatic heterocycles. The topological polar surface area (TPSA) is 39.3 Å². The van der Waals surface area contributed by atoms with Crippen molar-refractivity contribution in [1.29, 1.82) is 0 Å². The third-order valence-corrected chi connectivity index (χ3v) is 7.15. The number of fused-ring (bicyclic) bond motifs is 2. The maximum Gasteiger partial charge on any atom is 0.230 e. The van der Waals surface area contributed by atoms with Gasteiger partial charge in [0.15, 0.2) is 0 Å². The molecular formula is C27H31N3O. The van der Waals surface area contributed by atoms with Crippen molar-refractivity contribution in [3.63, 3.8) is 0 Å². The molecule has 5 rings (SSSR count). The number of rotatable bonds is 5. The minimum atomic E-state index is -0.106. The molecule has 0 bridgehead atoms. The van der Waals surface area contributed by atoms with Crippen LogP contribution in [0.15, 0.2) is 54.7 Å². The molecule has 1 aliphatic heterocycles. The number of benzene rings is 2. The Labute approximate surface area is 184 Å². The van der Waals surface area contributed by atoms with Gasteiger partial charge in [0.25, 0.3) is 0 Å². The Hall–Kier alpha value is -2.85. The van der Waals surface area contributed by atoms with Crippen molar-refractivity contribution in [3.05, 3.63) is 77.0 Å². The summed E-state index contributed by atoms with van der Waals surface area (Å²) in [6.45, 7) is 9.47. The zero-order valence-corrected chi connectivity index (χ0v) is 18.7. The zero-order valence-electron chi connectivity index (χ0n) is 18.7. The first-order valence-corrected chi connectivity index (χ1v) is 11.5. The molecule has 0 fully saturated rings. The first kappa shape index (κ1) is 20.1. The molecule has 2 aliphatic rings. The SMILES string of the molecule is CCN(CC)C(=O)[C@@H]1C=C2c3cccc4[nH]cc(c34)C[C@H]2N(Cc2ccccc2C)C1. The molecule has 2 atom stereocenters. The minimum Gasteiger partial charge on any atom is -0.361 e. The van der Waals surface area contributed by atoms with Crippen LogP contribution in [-0.2, 0) is 17.8 Å². The van der Waals surface area contributed by atoms with Crippen LogP contribution in [0.25, 0.3) is 16.5 Å². The number of nitrogens with zero attached hydrogens (tertiary/aromatic N) is 2. The summed E-state index contributed by atoms with van der Waals surface area (Å²) >= 11 is 0. The number of aryl methyl sites for hydroxylation is 1. The number of H-pyrrole nitrogens is 1. The van der Waals surface area contributed by atoms with E-state index in [2.05, 4.69) is 85.4 Å². The van der Waals surface area contributed by atoms with Crippen LogP contribution in [0.5, 0.6) is 0 Å². The van der Waals surface area contributed by atoms with E-state index in [1.807, 2.05) is 4.90 Å². The molecule has 31 heavy (non-hydrogen) atoms. The second-order valence-electron chi connectivity index (χ2n) is 8.86. The second kappa shape index (κ2) is 8.01. The van der Waals surface area contributed by atoms with Gasteiger partial charge in [-0.1, -0.05) is 42.5 Å². The van der Waals surface area contributed by atoms with Gasteiger partial charge in [0.1, 0.15) is 0 Å². The van der Waals surface area contributed by atoms with E-state index < -0.39 is 0 Å². The number of aromatic amines is 1. The van der Waals surface area contributed by atoms with Gasteiger partial charge >= 0.3 is 0 Å². The van der Waals surface area contributed by atoms with Crippen LogP contribution in [0.4, 0.5) is 0 Å². The summed E-state index contributed by atoms with van der Waals surface area (Å²) in [6.07, 6.45) is 5.44. The van der Waals surface area contributed by atoms with Crippen molar-refractivity contribution >= 4 is 22.4 Å². The molecule has 1 aliphatic carbocycles. The average Bonchev–Trinajstić information content (AvgIpc) is 3.21. The molecule has 0 saturated heterocycles. The predicted octanol–water partition coefficient (Wildman–Crippen LogP) is 4.78. The number of nitrogens with one attached hydrogen (secondary N) is 1. The first-order valence-electron chi connectivity index (χ1n) is 11.5. The van der Waals surface area contributed by atoms with Gasteiger partial charge in [-0.2, -0.15) is 0 Å². The van der Waals surface area contributed by atoms with Crippen LogP contribution >= 0.6 is 0 Å². The van der Waals surface area contributed by atoms with E-state index in [1.54, 1.807) is 0 Å². The highest BCUT2D eigenvalue weighted by molar-refractivity contribution is 5.99. The van der Waals surface area contributed by atoms with Gasteiger partial charge in [-0.05, 0) is 61.1 Å². The minimum absolute atomic E-state index is 0.106. The quantitative estimate of drug-likeness (QED) is 0.654. The summed E-state index contributed by atoms with van der Waals surface area (Å²) in [6, 6.07) is 15.4. The Morgan fingerprint density at radius 2 is 1.94 bits per heavy atom. The molecule has 160 valence electrons. The molecule has 0 radical (unpaired) electrons. The van der Waals surface area contributed by atoms with E-state index in [0.717, 1.165) is 32.6 Å². The van der Waals surface area contributed by atoms with E-state index in [4.69, 9.17) is 0 Å². The highest BCUT2D eigenvalue weighted by Crippen LogP contribution is 2.42. The molecule has 0 saturated carbocycles. The van der Waals surface area contributed by atoms with E-state index in [-0.39, 0.29) is 11.8 Å². The van der Waals surface area contributed by atoms with Gasteiger partial charge in [0.2, 0.25) is 5.91 Å². The lowest BCUT2D eigenvalue weighted by Gasteiger charge is -2.42. The van der Waals surface area contributed by atoms with Gasteiger partial charge < -0.3 is 9.88 Å². The monoisotopic (exact) mass is 413 g/mol. The third kappa shape index (κ3) is 3.39. The Morgan fingerprint density at radius 3 is 2.71 bits per heavy atom. The van der Waals surface area contributed by atoms with Gasteiger partial charge in [-0.15, -0.1) is 0 Å². The molecule has 1 N–H and O–H groups in total. The number of carbonyl (C=O) groups is 1. The number of amides is 1. The highest BCUT2D eigenvalue weighted by Gasteiger charge is 2.38. The van der Waals surface area contributed by atoms with Crippen molar-refractivity contribution in [3.8, 4) is 0 Å². The molecule has 4 heteroatoms. The predicted molar refractivity (Wildman–Crippen MR) is 127 cm³/mol. The van der Waals surface area contributed by atoms with Crippen LogP contribution in [0.2, 0.25) is 0 Å². The van der Waals surface area contributed by atoms with Crippen LogP contribution in [-0.4, -0.2) is 46.4 Å². The molecule has 2 heterocycles. The van der Waals surface area contributed by atoms with Crippen molar-refractivity contribution in [2.75, 3.05) is 19.6 Å². The van der Waals surface area contributed by atoms with Crippen molar-refractivity contribution in [1.82, 2.24) is 14.8 Å². The molecule has 3 aromatic rings. The molecule has 0 unspecified atom stereocenters. The molecule has 1 amide bonds. The third-order valence-electron chi connectivity index (χ3n) is 7.15. The van der Waals surface area contributed by atoms with Crippen LogP contribution in [0.3, 0.4) is 0 Å². The maximum absolute atomic E-state index is 13.4. The van der Waals surface area contributed by atoms with Crippen molar-refractivity contribution in [2.45, 2.75) is 39.8 Å². The molecular weight excluding hydrogens is 382 g/mol. The normalized spacial score (nSPS) is 20.4. The van der Waals surface area contributed by atoms with E-state index in [0.29, 0.717) is 6.04 Å². The fourth-order valence-corrected chi connectivity index (χ4v) is 5.43. The number of hydrogen-bond donors (Lipinski definition) is 1. The van der Waals surface area contributed by atoms with Crippen LogP contribution in [0.1, 0.15) is 36.1 Å². The number of hydrogen-bond acceptors (Lipinski definition) is 2. The van der Waals surface area contributed by atoms with Crippen LogP contribution in [0, 0.1) is 12.8 Å². The lowest BCUT2D eigenvalue weighted by molar-refractivity contribution is -0.134. The molecule has 0 spiro atoms. The smallest absolute Gasteiger partial charge is 0.230 e. The fourth-order valence-electron chi connectivity index (χ4n) is 5.43. The summed E-state index contributed by atoms with van der Waals surface area (Å²) in [4.78, 5) is 21.4. The lowest BCUT2D eigenvalue weighted by Crippen LogP contribution is -2.49. The second-order valence-corrected chi connectivity index (χ2v) is 8.86. The Bertz CT molecular complexity index is 1150. The summed E-state index contributed by atoms with van der Waals surface area (Å²) in [7, 11) is 0. The largest absolute Gasteiger partial charge is 0.361 e. The number of carbonyl (C=O) groups excluding carboxylic acids is 1. The molecule has 4 nitrogen and oxygen atoms in total. The molecule has 2 aromatic carbocycles. The summed E-state index contributed by atoms with van der Waals surface area (Å²) in [5, 5.41) is 1.33. The Morgan fingerprint density at radius 1 is 1.13 bits per heavy atom. The summed E-state index contributed by atoms with van der Waals surface area (Å²) in [5.41, 5.74) is 7.84. The fraction of sp³-hybridized carbons (Fsp3) is 0.370. The Kier molecular flexibility index (Phi) is 5.19. The van der Waals surface area contributed by atoms with Gasteiger partial charge in [-0.3, -0.25) is 9.69 Å².